The predicted molar refractivity (Wildman–Crippen MR) is 112 cm³/mol. The summed E-state index contributed by atoms with van der Waals surface area (Å²) in [4.78, 5) is 21.4. The van der Waals surface area contributed by atoms with Gasteiger partial charge in [-0.15, -0.1) is 0 Å². The number of aromatic nitrogens is 2. The summed E-state index contributed by atoms with van der Waals surface area (Å²) in [6, 6.07) is 16.9. The molecular formula is C22H24N4O2. The number of nitrogens with one attached hydrogen (secondary N) is 2. The highest BCUT2D eigenvalue weighted by Gasteiger charge is 2.12. The van der Waals surface area contributed by atoms with Crippen LogP contribution in [-0.4, -0.2) is 23.0 Å². The number of benzene rings is 2. The monoisotopic (exact) mass is 376 g/mol. The molecular weight excluding hydrogens is 352 g/mol. The maximum atomic E-state index is 12.6. The second-order valence-corrected chi connectivity index (χ2v) is 6.81. The average Bonchev–Trinajstić information content (AvgIpc) is 2.68. The zero-order chi connectivity index (χ0) is 20.1. The average molecular weight is 376 g/mol. The largest absolute Gasteiger partial charge is 0.497 e. The van der Waals surface area contributed by atoms with Crippen LogP contribution in [0.1, 0.15) is 41.5 Å². The fourth-order valence-corrected chi connectivity index (χ4v) is 2.72. The Bertz CT molecular complexity index is 969. The summed E-state index contributed by atoms with van der Waals surface area (Å²) in [5.74, 6) is 1.24. The number of aryl methyl sites for hydroxylation is 1. The van der Waals surface area contributed by atoms with Gasteiger partial charge in [0.1, 0.15) is 11.4 Å². The lowest BCUT2D eigenvalue weighted by Gasteiger charge is -2.10. The van der Waals surface area contributed by atoms with E-state index in [1.807, 2.05) is 55.5 Å². The zero-order valence-corrected chi connectivity index (χ0v) is 16.5. The van der Waals surface area contributed by atoms with Crippen molar-refractivity contribution in [3.63, 3.8) is 0 Å². The Labute approximate surface area is 165 Å². The van der Waals surface area contributed by atoms with Gasteiger partial charge in [0.2, 0.25) is 5.95 Å². The molecule has 0 saturated carbocycles. The molecule has 0 bridgehead atoms. The van der Waals surface area contributed by atoms with Gasteiger partial charge in [0.15, 0.2) is 0 Å². The third-order valence-electron chi connectivity index (χ3n) is 4.25. The molecule has 6 heteroatoms. The van der Waals surface area contributed by atoms with Crippen LogP contribution in [0.5, 0.6) is 5.75 Å². The van der Waals surface area contributed by atoms with Crippen molar-refractivity contribution in [2.75, 3.05) is 17.7 Å². The van der Waals surface area contributed by atoms with Gasteiger partial charge in [-0.2, -0.15) is 0 Å². The highest BCUT2D eigenvalue weighted by molar-refractivity contribution is 6.03. The van der Waals surface area contributed by atoms with Crippen LogP contribution in [0.2, 0.25) is 0 Å². The number of carbonyl (C=O) groups is 1. The minimum Gasteiger partial charge on any atom is -0.497 e. The minimum atomic E-state index is -0.281. The summed E-state index contributed by atoms with van der Waals surface area (Å²) in [6.45, 7) is 6.09. The molecule has 1 amide bonds. The van der Waals surface area contributed by atoms with E-state index in [1.165, 1.54) is 5.56 Å². The maximum absolute atomic E-state index is 12.6. The van der Waals surface area contributed by atoms with Crippen molar-refractivity contribution in [2.45, 2.75) is 26.7 Å². The summed E-state index contributed by atoms with van der Waals surface area (Å²) in [5.41, 5.74) is 3.72. The summed E-state index contributed by atoms with van der Waals surface area (Å²) in [5, 5.41) is 6.00. The molecule has 2 aromatic carbocycles. The lowest BCUT2D eigenvalue weighted by molar-refractivity contribution is 0.102. The fraction of sp³-hybridized carbons (Fsp3) is 0.227. The van der Waals surface area contributed by atoms with Crippen molar-refractivity contribution in [2.24, 2.45) is 0 Å². The Hall–Kier alpha value is -3.41. The van der Waals surface area contributed by atoms with Crippen LogP contribution in [0.3, 0.4) is 0 Å². The van der Waals surface area contributed by atoms with Crippen LogP contribution in [0, 0.1) is 6.92 Å². The second kappa shape index (κ2) is 8.52. The molecule has 0 aliphatic rings. The molecule has 3 rings (SSSR count). The SMILES string of the molecule is COc1cccc(Nc2nc(C)cc(C(=O)Nc3ccc(C(C)C)cc3)n2)c1. The quantitative estimate of drug-likeness (QED) is 0.639. The van der Waals surface area contributed by atoms with Gasteiger partial charge in [-0.3, -0.25) is 4.79 Å². The van der Waals surface area contributed by atoms with Gasteiger partial charge in [0, 0.05) is 23.1 Å². The van der Waals surface area contributed by atoms with Gasteiger partial charge in [0.25, 0.3) is 5.91 Å². The molecule has 0 radical (unpaired) electrons. The number of carbonyl (C=O) groups excluding carboxylic acids is 1. The van der Waals surface area contributed by atoms with Crippen LogP contribution in [0.25, 0.3) is 0 Å². The van der Waals surface area contributed by atoms with Crippen molar-refractivity contribution in [3.05, 3.63) is 71.5 Å². The Morgan fingerprint density at radius 1 is 1.00 bits per heavy atom. The molecule has 0 saturated heterocycles. The number of ether oxygens (including phenoxy) is 1. The van der Waals surface area contributed by atoms with Crippen LogP contribution >= 0.6 is 0 Å². The lowest BCUT2D eigenvalue weighted by Crippen LogP contribution is -2.15. The first-order valence-corrected chi connectivity index (χ1v) is 9.12. The number of hydrogen-bond acceptors (Lipinski definition) is 5. The Morgan fingerprint density at radius 3 is 2.43 bits per heavy atom. The number of methoxy groups -OCH3 is 1. The zero-order valence-electron chi connectivity index (χ0n) is 16.5. The molecule has 0 aliphatic heterocycles. The van der Waals surface area contributed by atoms with Crippen molar-refractivity contribution >= 4 is 23.2 Å². The number of rotatable bonds is 6. The van der Waals surface area contributed by atoms with E-state index in [9.17, 15) is 4.79 Å². The van der Waals surface area contributed by atoms with Crippen LogP contribution in [0.15, 0.2) is 54.6 Å². The number of anilines is 3. The van der Waals surface area contributed by atoms with Crippen LogP contribution in [-0.2, 0) is 0 Å². The molecule has 0 atom stereocenters. The standard InChI is InChI=1S/C22H24N4O2/c1-14(2)16-8-10-17(11-9-16)24-21(27)20-12-15(3)23-22(26-20)25-18-6-5-7-19(13-18)28-4/h5-14H,1-4H3,(H,24,27)(H,23,25,26). The van der Waals surface area contributed by atoms with Gasteiger partial charge in [0.05, 0.1) is 7.11 Å². The van der Waals surface area contributed by atoms with Crippen LogP contribution < -0.4 is 15.4 Å². The molecule has 0 spiro atoms. The minimum absolute atomic E-state index is 0.281. The van der Waals surface area contributed by atoms with Gasteiger partial charge in [-0.1, -0.05) is 32.0 Å². The first kappa shape index (κ1) is 19.4. The van der Waals surface area contributed by atoms with E-state index in [0.717, 1.165) is 17.1 Å². The Morgan fingerprint density at radius 2 is 1.75 bits per heavy atom. The molecule has 3 aromatic rings. The summed E-state index contributed by atoms with van der Waals surface area (Å²) < 4.78 is 5.22. The smallest absolute Gasteiger partial charge is 0.274 e. The lowest BCUT2D eigenvalue weighted by atomic mass is 10.0. The third kappa shape index (κ3) is 4.85. The van der Waals surface area contributed by atoms with Gasteiger partial charge < -0.3 is 15.4 Å². The van der Waals surface area contributed by atoms with Crippen molar-refractivity contribution in [1.82, 2.24) is 9.97 Å². The van der Waals surface area contributed by atoms with Crippen LogP contribution in [0.4, 0.5) is 17.3 Å². The fourth-order valence-electron chi connectivity index (χ4n) is 2.72. The van der Waals surface area contributed by atoms with E-state index in [0.29, 0.717) is 23.3 Å². The Kier molecular flexibility index (Phi) is 5.89. The molecule has 0 fully saturated rings. The van der Waals surface area contributed by atoms with E-state index >= 15 is 0 Å². The first-order valence-electron chi connectivity index (χ1n) is 9.12. The summed E-state index contributed by atoms with van der Waals surface area (Å²) in [7, 11) is 1.61. The second-order valence-electron chi connectivity index (χ2n) is 6.81. The van der Waals surface area contributed by atoms with E-state index < -0.39 is 0 Å². The van der Waals surface area contributed by atoms with Crippen molar-refractivity contribution in [3.8, 4) is 5.75 Å². The molecule has 144 valence electrons. The molecule has 28 heavy (non-hydrogen) atoms. The predicted octanol–water partition coefficient (Wildman–Crippen LogP) is 4.91. The van der Waals surface area contributed by atoms with E-state index in [4.69, 9.17) is 4.74 Å². The molecule has 1 heterocycles. The van der Waals surface area contributed by atoms with Gasteiger partial charge >= 0.3 is 0 Å². The first-order chi connectivity index (χ1) is 13.4. The summed E-state index contributed by atoms with van der Waals surface area (Å²) in [6.07, 6.45) is 0. The van der Waals surface area contributed by atoms with E-state index in [-0.39, 0.29) is 5.91 Å². The highest BCUT2D eigenvalue weighted by atomic mass is 16.5. The molecule has 6 nitrogen and oxygen atoms in total. The summed E-state index contributed by atoms with van der Waals surface area (Å²) >= 11 is 0. The third-order valence-corrected chi connectivity index (χ3v) is 4.25. The molecule has 1 aromatic heterocycles. The Balaban J connectivity index is 1.77. The maximum Gasteiger partial charge on any atom is 0.274 e. The van der Waals surface area contributed by atoms with E-state index in [2.05, 4.69) is 34.4 Å². The highest BCUT2D eigenvalue weighted by Crippen LogP contribution is 2.21. The van der Waals surface area contributed by atoms with Crippen molar-refractivity contribution < 1.29 is 9.53 Å². The number of nitrogens with zero attached hydrogens (tertiary/aromatic N) is 2. The van der Waals surface area contributed by atoms with Gasteiger partial charge in [-0.25, -0.2) is 9.97 Å². The number of amides is 1. The van der Waals surface area contributed by atoms with Gasteiger partial charge in [-0.05, 0) is 48.7 Å². The number of hydrogen-bond donors (Lipinski definition) is 2. The topological polar surface area (TPSA) is 76.1 Å². The normalized spacial score (nSPS) is 10.6. The van der Waals surface area contributed by atoms with E-state index in [1.54, 1.807) is 13.2 Å². The van der Waals surface area contributed by atoms with Crippen molar-refractivity contribution in [1.29, 1.82) is 0 Å². The molecule has 0 aliphatic carbocycles. The molecule has 2 N–H and O–H groups in total. The molecule has 0 unspecified atom stereocenters.